The Morgan fingerprint density at radius 1 is 1.41 bits per heavy atom. The topological polar surface area (TPSA) is 81.4 Å². The van der Waals surface area contributed by atoms with Crippen LogP contribution in [-0.2, 0) is 10.0 Å². The molecule has 1 aromatic rings. The van der Waals surface area contributed by atoms with Gasteiger partial charge in [-0.15, -0.1) is 0 Å². The lowest BCUT2D eigenvalue weighted by Crippen LogP contribution is -2.19. The zero-order chi connectivity index (χ0) is 12.9. The van der Waals surface area contributed by atoms with E-state index in [2.05, 4.69) is 4.72 Å². The number of methoxy groups -OCH3 is 1. The highest BCUT2D eigenvalue weighted by atomic mass is 32.2. The lowest BCUT2D eigenvalue weighted by Gasteiger charge is -2.12. The van der Waals surface area contributed by atoms with Crippen molar-refractivity contribution in [1.29, 1.82) is 0 Å². The third-order valence-corrected chi connectivity index (χ3v) is 3.59. The Morgan fingerprint density at radius 2 is 2.12 bits per heavy atom. The molecule has 17 heavy (non-hydrogen) atoms. The highest BCUT2D eigenvalue weighted by molar-refractivity contribution is 7.92. The Bertz CT molecular complexity index is 472. The molecule has 0 fully saturated rings. The van der Waals surface area contributed by atoms with Crippen LogP contribution in [0.2, 0.25) is 0 Å². The summed E-state index contributed by atoms with van der Waals surface area (Å²) in [4.78, 5) is 0. The fourth-order valence-corrected chi connectivity index (χ4v) is 2.54. The van der Waals surface area contributed by atoms with E-state index >= 15 is 0 Å². The van der Waals surface area contributed by atoms with Crippen molar-refractivity contribution in [2.75, 3.05) is 24.1 Å². The van der Waals surface area contributed by atoms with Crippen LogP contribution in [0.3, 0.4) is 0 Å². The van der Waals surface area contributed by atoms with E-state index in [1.165, 1.54) is 7.11 Å². The van der Waals surface area contributed by atoms with E-state index in [0.29, 0.717) is 24.4 Å². The van der Waals surface area contributed by atoms with Gasteiger partial charge in [0, 0.05) is 0 Å². The molecule has 5 nitrogen and oxygen atoms in total. The molecule has 0 bridgehead atoms. The molecule has 0 atom stereocenters. The zero-order valence-electron chi connectivity index (χ0n) is 10.1. The van der Waals surface area contributed by atoms with Crippen LogP contribution in [0.4, 0.5) is 5.69 Å². The lowest BCUT2D eigenvalue weighted by molar-refractivity contribution is 0.417. The normalized spacial score (nSPS) is 11.2. The molecule has 0 aliphatic heterocycles. The zero-order valence-corrected chi connectivity index (χ0v) is 10.9. The van der Waals surface area contributed by atoms with Gasteiger partial charge in [0.2, 0.25) is 10.0 Å². The van der Waals surface area contributed by atoms with Crippen LogP contribution < -0.4 is 15.2 Å². The molecule has 0 amide bonds. The van der Waals surface area contributed by atoms with Gasteiger partial charge in [-0.1, -0.05) is 6.07 Å². The number of benzene rings is 1. The molecule has 0 aromatic heterocycles. The first-order valence-corrected chi connectivity index (χ1v) is 6.99. The van der Waals surface area contributed by atoms with Crippen molar-refractivity contribution in [1.82, 2.24) is 0 Å². The summed E-state index contributed by atoms with van der Waals surface area (Å²) in [7, 11) is -1.85. The summed E-state index contributed by atoms with van der Waals surface area (Å²) in [6, 6.07) is 5.32. The molecule has 0 radical (unpaired) electrons. The van der Waals surface area contributed by atoms with Gasteiger partial charge in [-0.25, -0.2) is 8.42 Å². The van der Waals surface area contributed by atoms with Crippen LogP contribution in [0.5, 0.6) is 5.75 Å². The highest BCUT2D eigenvalue weighted by Gasteiger charge is 2.12. The summed E-state index contributed by atoms with van der Waals surface area (Å²) in [6.45, 7) is 2.24. The predicted octanol–water partition coefficient (Wildman–Crippen LogP) is 1.09. The van der Waals surface area contributed by atoms with Crippen molar-refractivity contribution in [3.63, 3.8) is 0 Å². The van der Waals surface area contributed by atoms with Crippen molar-refractivity contribution in [3.05, 3.63) is 23.8 Å². The average molecular weight is 258 g/mol. The number of hydrogen-bond donors (Lipinski definition) is 2. The Kier molecular flexibility index (Phi) is 4.77. The standard InChI is InChI=1S/C11H18N2O3S/c1-9-4-5-11(16-2)10(8-9)13-17(14,15)7-3-6-12/h4-5,8,13H,3,6-7,12H2,1-2H3. The van der Waals surface area contributed by atoms with E-state index in [4.69, 9.17) is 10.5 Å². The Hall–Kier alpha value is -1.27. The van der Waals surface area contributed by atoms with Crippen LogP contribution in [0.25, 0.3) is 0 Å². The van der Waals surface area contributed by atoms with Gasteiger partial charge < -0.3 is 10.5 Å². The molecule has 0 heterocycles. The number of ether oxygens (including phenoxy) is 1. The quantitative estimate of drug-likeness (QED) is 0.800. The molecular weight excluding hydrogens is 240 g/mol. The number of rotatable bonds is 6. The first kappa shape index (κ1) is 13.8. The molecule has 1 aromatic carbocycles. The summed E-state index contributed by atoms with van der Waals surface area (Å²) >= 11 is 0. The smallest absolute Gasteiger partial charge is 0.232 e. The van der Waals surface area contributed by atoms with Gasteiger partial charge in [0.1, 0.15) is 5.75 Å². The van der Waals surface area contributed by atoms with E-state index < -0.39 is 10.0 Å². The van der Waals surface area contributed by atoms with E-state index in [1.54, 1.807) is 12.1 Å². The van der Waals surface area contributed by atoms with Crippen LogP contribution in [0.15, 0.2) is 18.2 Å². The van der Waals surface area contributed by atoms with Gasteiger partial charge >= 0.3 is 0 Å². The van der Waals surface area contributed by atoms with Gasteiger partial charge in [-0.3, -0.25) is 4.72 Å². The minimum absolute atomic E-state index is 0.0145. The number of hydrogen-bond acceptors (Lipinski definition) is 4. The Balaban J connectivity index is 2.90. The highest BCUT2D eigenvalue weighted by Crippen LogP contribution is 2.26. The molecule has 96 valence electrons. The lowest BCUT2D eigenvalue weighted by atomic mass is 10.2. The van der Waals surface area contributed by atoms with E-state index in [-0.39, 0.29) is 5.75 Å². The van der Waals surface area contributed by atoms with E-state index in [9.17, 15) is 8.42 Å². The van der Waals surface area contributed by atoms with Gasteiger partial charge in [-0.05, 0) is 37.6 Å². The van der Waals surface area contributed by atoms with Crippen molar-refractivity contribution >= 4 is 15.7 Å². The first-order chi connectivity index (χ1) is 7.98. The Morgan fingerprint density at radius 3 is 2.71 bits per heavy atom. The fourth-order valence-electron chi connectivity index (χ4n) is 1.39. The summed E-state index contributed by atoms with van der Waals surface area (Å²) in [5.41, 5.74) is 6.72. The second-order valence-corrected chi connectivity index (χ2v) is 5.61. The maximum Gasteiger partial charge on any atom is 0.232 e. The van der Waals surface area contributed by atoms with Gasteiger partial charge in [-0.2, -0.15) is 0 Å². The number of anilines is 1. The summed E-state index contributed by atoms with van der Waals surface area (Å²) in [6.07, 6.45) is 0.434. The van der Waals surface area contributed by atoms with Crippen molar-refractivity contribution in [2.24, 2.45) is 5.73 Å². The molecule has 3 N–H and O–H groups in total. The molecule has 0 aliphatic carbocycles. The summed E-state index contributed by atoms with van der Waals surface area (Å²) < 4.78 is 31.0. The SMILES string of the molecule is COc1ccc(C)cc1NS(=O)(=O)CCCN. The van der Waals surface area contributed by atoms with Crippen LogP contribution in [0, 0.1) is 6.92 Å². The minimum atomic E-state index is -3.36. The van der Waals surface area contributed by atoms with Gasteiger partial charge in [0.15, 0.2) is 0 Å². The minimum Gasteiger partial charge on any atom is -0.495 e. The number of nitrogens with one attached hydrogen (secondary N) is 1. The third kappa shape index (κ3) is 4.24. The van der Waals surface area contributed by atoms with Crippen LogP contribution >= 0.6 is 0 Å². The van der Waals surface area contributed by atoms with Crippen molar-refractivity contribution in [2.45, 2.75) is 13.3 Å². The van der Waals surface area contributed by atoms with Gasteiger partial charge in [0.25, 0.3) is 0 Å². The summed E-state index contributed by atoms with van der Waals surface area (Å²) in [5, 5.41) is 0. The monoisotopic (exact) mass is 258 g/mol. The number of sulfonamides is 1. The molecule has 1 rings (SSSR count). The first-order valence-electron chi connectivity index (χ1n) is 5.33. The number of aryl methyl sites for hydroxylation is 1. The number of nitrogens with two attached hydrogens (primary N) is 1. The largest absolute Gasteiger partial charge is 0.495 e. The second kappa shape index (κ2) is 5.88. The molecule has 0 aliphatic rings. The molecule has 0 saturated carbocycles. The van der Waals surface area contributed by atoms with E-state index in [1.807, 2.05) is 13.0 Å². The van der Waals surface area contributed by atoms with Crippen LogP contribution in [-0.4, -0.2) is 27.8 Å². The van der Waals surface area contributed by atoms with Crippen molar-refractivity contribution < 1.29 is 13.2 Å². The fraction of sp³-hybridized carbons (Fsp3) is 0.455. The second-order valence-electron chi connectivity index (χ2n) is 3.77. The maximum atomic E-state index is 11.7. The van der Waals surface area contributed by atoms with Gasteiger partial charge in [0.05, 0.1) is 18.6 Å². The molecule has 6 heteroatoms. The Labute approximate surface area is 102 Å². The predicted molar refractivity (Wildman–Crippen MR) is 68.8 cm³/mol. The molecule has 0 saturated heterocycles. The molecule has 0 spiro atoms. The molecule has 0 unspecified atom stereocenters. The third-order valence-electron chi connectivity index (χ3n) is 2.24. The summed E-state index contributed by atoms with van der Waals surface area (Å²) in [5.74, 6) is 0.521. The van der Waals surface area contributed by atoms with E-state index in [0.717, 1.165) is 5.56 Å². The maximum absolute atomic E-state index is 11.7. The molecular formula is C11H18N2O3S. The average Bonchev–Trinajstić information content (AvgIpc) is 2.26. The van der Waals surface area contributed by atoms with Crippen molar-refractivity contribution in [3.8, 4) is 5.75 Å². The van der Waals surface area contributed by atoms with Crippen LogP contribution in [0.1, 0.15) is 12.0 Å².